The van der Waals surface area contributed by atoms with Crippen LogP contribution in [0.4, 0.5) is 0 Å². The standard InChI is InChI=1S/C16H19ClN2O2S/c1-19(2)8-7-18-16(20)15-9-12(11-22-15)10-21-14-6-4-3-5-13(14)17/h3-6,9,11H,7-8,10H2,1-2H3,(H,18,20). The molecule has 0 fully saturated rings. The number of thiophene rings is 1. The van der Waals surface area contributed by atoms with Crippen molar-refractivity contribution in [2.75, 3.05) is 27.2 Å². The fourth-order valence-corrected chi connectivity index (χ4v) is 2.78. The highest BCUT2D eigenvalue weighted by atomic mass is 35.5. The molecule has 0 unspecified atom stereocenters. The van der Waals surface area contributed by atoms with E-state index >= 15 is 0 Å². The molecule has 4 nitrogen and oxygen atoms in total. The molecule has 2 aromatic rings. The van der Waals surface area contributed by atoms with Crippen LogP contribution in [0.1, 0.15) is 15.2 Å². The molecule has 1 aromatic carbocycles. The van der Waals surface area contributed by atoms with Gasteiger partial charge in [0.05, 0.1) is 9.90 Å². The van der Waals surface area contributed by atoms with Gasteiger partial charge in [0.2, 0.25) is 0 Å². The Hall–Kier alpha value is -1.56. The Kier molecular flexibility index (Phi) is 6.24. The van der Waals surface area contributed by atoms with Crippen LogP contribution in [0.2, 0.25) is 5.02 Å². The molecule has 0 saturated heterocycles. The van der Waals surface area contributed by atoms with Gasteiger partial charge in [0, 0.05) is 18.7 Å². The lowest BCUT2D eigenvalue weighted by molar-refractivity contribution is 0.0955. The molecule has 6 heteroatoms. The van der Waals surface area contributed by atoms with Gasteiger partial charge in [-0.3, -0.25) is 4.79 Å². The highest BCUT2D eigenvalue weighted by Gasteiger charge is 2.09. The lowest BCUT2D eigenvalue weighted by Gasteiger charge is -2.09. The largest absolute Gasteiger partial charge is 0.487 e. The normalized spacial score (nSPS) is 10.7. The first-order valence-corrected chi connectivity index (χ1v) is 8.19. The Morgan fingerprint density at radius 1 is 1.36 bits per heavy atom. The van der Waals surface area contributed by atoms with Crippen molar-refractivity contribution in [2.45, 2.75) is 6.61 Å². The number of likely N-dealkylation sites (N-methyl/N-ethyl adjacent to an activating group) is 1. The van der Waals surface area contributed by atoms with E-state index < -0.39 is 0 Å². The van der Waals surface area contributed by atoms with E-state index in [9.17, 15) is 4.79 Å². The van der Waals surface area contributed by atoms with E-state index in [1.54, 1.807) is 6.07 Å². The predicted molar refractivity (Wildman–Crippen MR) is 91.0 cm³/mol. The Morgan fingerprint density at radius 2 is 2.14 bits per heavy atom. The number of nitrogens with zero attached hydrogens (tertiary/aromatic N) is 1. The summed E-state index contributed by atoms with van der Waals surface area (Å²) in [6.45, 7) is 1.85. The quantitative estimate of drug-likeness (QED) is 0.842. The molecule has 0 saturated carbocycles. The summed E-state index contributed by atoms with van der Waals surface area (Å²) in [5, 5.41) is 5.41. The van der Waals surface area contributed by atoms with Gasteiger partial charge in [0.1, 0.15) is 12.4 Å². The summed E-state index contributed by atoms with van der Waals surface area (Å²) in [4.78, 5) is 14.7. The Balaban J connectivity index is 1.86. The lowest BCUT2D eigenvalue weighted by atomic mass is 10.3. The molecule has 2 rings (SSSR count). The number of nitrogens with one attached hydrogen (secondary N) is 1. The van der Waals surface area contributed by atoms with E-state index in [0.717, 1.165) is 12.1 Å². The van der Waals surface area contributed by atoms with E-state index in [2.05, 4.69) is 5.32 Å². The monoisotopic (exact) mass is 338 g/mol. The molecule has 1 aromatic heterocycles. The second-order valence-electron chi connectivity index (χ2n) is 5.10. The Bertz CT molecular complexity index is 628. The van der Waals surface area contributed by atoms with Crippen LogP contribution in [0.15, 0.2) is 35.7 Å². The van der Waals surface area contributed by atoms with Gasteiger partial charge >= 0.3 is 0 Å². The van der Waals surface area contributed by atoms with E-state index in [0.29, 0.717) is 28.8 Å². The number of carbonyl (C=O) groups excluding carboxylic acids is 1. The van der Waals surface area contributed by atoms with Crippen LogP contribution in [0.5, 0.6) is 5.75 Å². The van der Waals surface area contributed by atoms with Gasteiger partial charge in [-0.15, -0.1) is 11.3 Å². The zero-order chi connectivity index (χ0) is 15.9. The van der Waals surface area contributed by atoms with Crippen LogP contribution in [-0.4, -0.2) is 38.0 Å². The minimum absolute atomic E-state index is 0.0455. The molecule has 0 aliphatic heterocycles. The topological polar surface area (TPSA) is 41.6 Å². The molecular formula is C16H19ClN2O2S. The molecule has 22 heavy (non-hydrogen) atoms. The van der Waals surface area contributed by atoms with Gasteiger partial charge in [-0.2, -0.15) is 0 Å². The Morgan fingerprint density at radius 3 is 2.86 bits per heavy atom. The lowest BCUT2D eigenvalue weighted by Crippen LogP contribution is -2.30. The maximum atomic E-state index is 12.0. The number of benzene rings is 1. The van der Waals surface area contributed by atoms with Crippen molar-refractivity contribution in [1.82, 2.24) is 10.2 Å². The van der Waals surface area contributed by atoms with Crippen molar-refractivity contribution in [3.8, 4) is 5.75 Å². The van der Waals surface area contributed by atoms with Crippen molar-refractivity contribution in [1.29, 1.82) is 0 Å². The molecular weight excluding hydrogens is 320 g/mol. The summed E-state index contributed by atoms with van der Waals surface area (Å²) in [5.41, 5.74) is 0.961. The van der Waals surface area contributed by atoms with Crippen molar-refractivity contribution < 1.29 is 9.53 Å². The molecule has 0 aliphatic rings. The summed E-state index contributed by atoms with van der Waals surface area (Å²) in [6, 6.07) is 9.19. The fourth-order valence-electron chi connectivity index (χ4n) is 1.77. The third-order valence-corrected chi connectivity index (χ3v) is 4.24. The van der Waals surface area contributed by atoms with Crippen molar-refractivity contribution >= 4 is 28.8 Å². The summed E-state index contributed by atoms with van der Waals surface area (Å²) in [5.74, 6) is 0.600. The minimum Gasteiger partial charge on any atom is -0.487 e. The number of ether oxygens (including phenoxy) is 1. The fraction of sp³-hybridized carbons (Fsp3) is 0.312. The van der Waals surface area contributed by atoms with Crippen LogP contribution in [0.25, 0.3) is 0 Å². The molecule has 0 radical (unpaired) electrons. The zero-order valence-corrected chi connectivity index (χ0v) is 14.2. The van der Waals surface area contributed by atoms with E-state index in [4.69, 9.17) is 16.3 Å². The van der Waals surface area contributed by atoms with Gasteiger partial charge in [0.15, 0.2) is 0 Å². The Labute approximate surface area is 139 Å². The first kappa shape index (κ1) is 16.8. The molecule has 1 N–H and O–H groups in total. The summed E-state index contributed by atoms with van der Waals surface area (Å²) >= 11 is 7.46. The number of hydrogen-bond donors (Lipinski definition) is 1. The predicted octanol–water partition coefficient (Wildman–Crippen LogP) is 3.27. The first-order chi connectivity index (χ1) is 10.6. The van der Waals surface area contributed by atoms with Crippen LogP contribution in [-0.2, 0) is 6.61 Å². The number of rotatable bonds is 7. The highest BCUT2D eigenvalue weighted by molar-refractivity contribution is 7.12. The SMILES string of the molecule is CN(C)CCNC(=O)c1cc(COc2ccccc2Cl)cs1. The maximum Gasteiger partial charge on any atom is 0.261 e. The molecule has 1 heterocycles. The average Bonchev–Trinajstić information content (AvgIpc) is 2.95. The van der Waals surface area contributed by atoms with E-state index in [1.165, 1.54) is 11.3 Å². The smallest absolute Gasteiger partial charge is 0.261 e. The number of halogens is 1. The van der Waals surface area contributed by atoms with Crippen LogP contribution in [0.3, 0.4) is 0 Å². The van der Waals surface area contributed by atoms with E-state index in [-0.39, 0.29) is 5.91 Å². The van der Waals surface area contributed by atoms with Gasteiger partial charge in [0.25, 0.3) is 5.91 Å². The third kappa shape index (κ3) is 5.02. The van der Waals surface area contributed by atoms with Crippen LogP contribution >= 0.6 is 22.9 Å². The van der Waals surface area contributed by atoms with Crippen molar-refractivity contribution in [3.63, 3.8) is 0 Å². The second kappa shape index (κ2) is 8.17. The summed E-state index contributed by atoms with van der Waals surface area (Å²) < 4.78 is 5.66. The van der Waals surface area contributed by atoms with Crippen LogP contribution < -0.4 is 10.1 Å². The van der Waals surface area contributed by atoms with Crippen molar-refractivity contribution in [2.24, 2.45) is 0 Å². The van der Waals surface area contributed by atoms with Gasteiger partial charge in [-0.1, -0.05) is 23.7 Å². The molecule has 0 bridgehead atoms. The number of para-hydroxylation sites is 1. The highest BCUT2D eigenvalue weighted by Crippen LogP contribution is 2.25. The molecule has 118 valence electrons. The number of carbonyl (C=O) groups is 1. The third-order valence-electron chi connectivity index (χ3n) is 2.95. The maximum absolute atomic E-state index is 12.0. The zero-order valence-electron chi connectivity index (χ0n) is 12.6. The second-order valence-corrected chi connectivity index (χ2v) is 6.42. The van der Waals surface area contributed by atoms with Gasteiger partial charge in [-0.25, -0.2) is 0 Å². The molecule has 0 spiro atoms. The summed E-state index contributed by atoms with van der Waals surface area (Å²) in [6.07, 6.45) is 0. The molecule has 1 amide bonds. The van der Waals surface area contributed by atoms with Crippen LogP contribution in [0, 0.1) is 0 Å². The van der Waals surface area contributed by atoms with Gasteiger partial charge in [-0.05, 0) is 37.7 Å². The number of amides is 1. The summed E-state index contributed by atoms with van der Waals surface area (Å²) in [7, 11) is 3.95. The van der Waals surface area contributed by atoms with E-state index in [1.807, 2.05) is 48.6 Å². The number of hydrogen-bond acceptors (Lipinski definition) is 4. The first-order valence-electron chi connectivity index (χ1n) is 6.94. The van der Waals surface area contributed by atoms with Crippen molar-refractivity contribution in [3.05, 3.63) is 51.2 Å². The van der Waals surface area contributed by atoms with Gasteiger partial charge < -0.3 is 15.0 Å². The molecule has 0 aliphatic carbocycles. The average molecular weight is 339 g/mol. The minimum atomic E-state index is -0.0455. The molecule has 0 atom stereocenters.